The van der Waals surface area contributed by atoms with Crippen LogP contribution in [-0.2, 0) is 0 Å². The molecule has 5 unspecified atom stereocenters. The Kier molecular flexibility index (Phi) is 3.73. The first-order chi connectivity index (χ1) is 12.7. The first-order valence-electron chi connectivity index (χ1n) is 9.80. The summed E-state index contributed by atoms with van der Waals surface area (Å²) in [6, 6.07) is 13.4. The highest BCUT2D eigenvalue weighted by Gasteiger charge is 2.54. The number of pyridine rings is 1. The number of rotatable bonds is 3. The maximum atomic E-state index is 12.7. The Labute approximate surface area is 153 Å². The van der Waals surface area contributed by atoms with Crippen LogP contribution in [0, 0.1) is 23.7 Å². The zero-order chi connectivity index (χ0) is 17.7. The maximum Gasteiger partial charge on any atom is 0.261 e. The Balaban J connectivity index is 1.33. The van der Waals surface area contributed by atoms with Crippen LogP contribution in [0.5, 0.6) is 0 Å². The van der Waals surface area contributed by atoms with Gasteiger partial charge >= 0.3 is 0 Å². The summed E-state index contributed by atoms with van der Waals surface area (Å²) in [5, 5.41) is 3.18. The molecule has 4 nitrogen and oxygen atoms in total. The zero-order valence-corrected chi connectivity index (χ0v) is 14.8. The van der Waals surface area contributed by atoms with Crippen LogP contribution in [0.3, 0.4) is 0 Å². The molecule has 0 saturated heterocycles. The number of nitrogens with one attached hydrogen (secondary N) is 2. The summed E-state index contributed by atoms with van der Waals surface area (Å²) in [5.41, 5.74) is 1.58. The minimum Gasteiger partial charge on any atom is -0.349 e. The third-order valence-electron chi connectivity index (χ3n) is 6.98. The molecule has 2 aromatic rings. The van der Waals surface area contributed by atoms with Gasteiger partial charge in [0.05, 0.1) is 0 Å². The van der Waals surface area contributed by atoms with E-state index in [-0.39, 0.29) is 23.1 Å². The molecule has 1 aromatic carbocycles. The quantitative estimate of drug-likeness (QED) is 0.890. The molecule has 26 heavy (non-hydrogen) atoms. The van der Waals surface area contributed by atoms with Gasteiger partial charge in [-0.2, -0.15) is 0 Å². The van der Waals surface area contributed by atoms with Crippen molar-refractivity contribution in [1.82, 2.24) is 10.3 Å². The molecule has 5 atom stereocenters. The second kappa shape index (κ2) is 6.11. The standard InChI is InChI=1S/C22H24N2O2/c25-21-17(9-10-19(23-21)13-5-2-1-3-6-13)22(26)24-20-12-14-11-18(20)16-8-4-7-15(14)16/h1-3,5-6,9-10,14-16,18,20H,4,7-8,11-12H2,(H,23,25)(H,24,26). The molecule has 2 bridgehead atoms. The van der Waals surface area contributed by atoms with Crippen molar-refractivity contribution in [2.75, 3.05) is 0 Å². The predicted octanol–water partition coefficient (Wildman–Crippen LogP) is 3.60. The van der Waals surface area contributed by atoms with Crippen molar-refractivity contribution in [1.29, 1.82) is 0 Å². The van der Waals surface area contributed by atoms with Gasteiger partial charge in [-0.25, -0.2) is 0 Å². The summed E-state index contributed by atoms with van der Waals surface area (Å²) in [6.45, 7) is 0. The molecule has 2 N–H and O–H groups in total. The van der Waals surface area contributed by atoms with E-state index in [4.69, 9.17) is 0 Å². The molecular formula is C22H24N2O2. The number of H-pyrrole nitrogens is 1. The zero-order valence-electron chi connectivity index (χ0n) is 14.8. The summed E-state index contributed by atoms with van der Waals surface area (Å²) in [7, 11) is 0. The third kappa shape index (κ3) is 2.51. The largest absolute Gasteiger partial charge is 0.349 e. The van der Waals surface area contributed by atoms with E-state index in [2.05, 4.69) is 10.3 Å². The number of fused-ring (bicyclic) bond motifs is 5. The molecular weight excluding hydrogens is 324 g/mol. The fourth-order valence-corrected chi connectivity index (χ4v) is 5.92. The van der Waals surface area contributed by atoms with Crippen molar-refractivity contribution >= 4 is 5.91 Å². The number of carbonyl (C=O) groups is 1. The molecule has 134 valence electrons. The summed E-state index contributed by atoms with van der Waals surface area (Å²) in [6.07, 6.45) is 6.42. The topological polar surface area (TPSA) is 62.0 Å². The number of amides is 1. The van der Waals surface area contributed by atoms with E-state index in [1.165, 1.54) is 25.7 Å². The fourth-order valence-electron chi connectivity index (χ4n) is 5.92. The number of hydrogen-bond acceptors (Lipinski definition) is 2. The number of carbonyl (C=O) groups excluding carboxylic acids is 1. The normalized spacial score (nSPS) is 31.8. The number of aromatic amines is 1. The second-order valence-electron chi connectivity index (χ2n) is 8.21. The maximum absolute atomic E-state index is 12.7. The van der Waals surface area contributed by atoms with Crippen molar-refractivity contribution in [3.05, 3.63) is 58.4 Å². The Morgan fingerprint density at radius 3 is 2.58 bits per heavy atom. The van der Waals surface area contributed by atoms with Crippen LogP contribution < -0.4 is 10.9 Å². The van der Waals surface area contributed by atoms with E-state index < -0.39 is 0 Å². The lowest BCUT2D eigenvalue weighted by Gasteiger charge is -2.32. The second-order valence-corrected chi connectivity index (χ2v) is 8.21. The molecule has 0 radical (unpaired) electrons. The van der Waals surface area contributed by atoms with Gasteiger partial charge in [-0.05, 0) is 67.1 Å². The summed E-state index contributed by atoms with van der Waals surface area (Å²) in [4.78, 5) is 28.0. The van der Waals surface area contributed by atoms with Gasteiger partial charge in [0.15, 0.2) is 0 Å². The highest BCUT2D eigenvalue weighted by Crippen LogP contribution is 2.58. The average Bonchev–Trinajstić information content (AvgIpc) is 3.35. The lowest BCUT2D eigenvalue weighted by molar-refractivity contribution is 0.0899. The fraction of sp³-hybridized carbons (Fsp3) is 0.455. The van der Waals surface area contributed by atoms with E-state index in [1.54, 1.807) is 6.07 Å². The Bertz CT molecular complexity index is 889. The Morgan fingerprint density at radius 2 is 1.77 bits per heavy atom. The smallest absolute Gasteiger partial charge is 0.261 e. The summed E-state index contributed by atoms with van der Waals surface area (Å²) in [5.74, 6) is 2.90. The SMILES string of the molecule is O=C(NC1CC2CC1C1CCCC21)c1ccc(-c2ccccc2)[nH]c1=O. The van der Waals surface area contributed by atoms with Crippen LogP contribution >= 0.6 is 0 Å². The van der Waals surface area contributed by atoms with Crippen molar-refractivity contribution < 1.29 is 4.79 Å². The first kappa shape index (κ1) is 15.9. The summed E-state index contributed by atoms with van der Waals surface area (Å²) < 4.78 is 0. The molecule has 1 amide bonds. The van der Waals surface area contributed by atoms with Crippen LogP contribution in [0.1, 0.15) is 42.5 Å². The van der Waals surface area contributed by atoms with E-state index in [0.29, 0.717) is 5.92 Å². The molecule has 3 aliphatic rings. The molecule has 1 heterocycles. The van der Waals surface area contributed by atoms with Crippen LogP contribution in [0.25, 0.3) is 11.3 Å². The number of aromatic nitrogens is 1. The minimum absolute atomic E-state index is 0.218. The lowest BCUT2D eigenvalue weighted by Crippen LogP contribution is -2.43. The summed E-state index contributed by atoms with van der Waals surface area (Å²) >= 11 is 0. The van der Waals surface area contributed by atoms with Crippen molar-refractivity contribution in [2.45, 2.75) is 38.1 Å². The van der Waals surface area contributed by atoms with Crippen molar-refractivity contribution in [3.63, 3.8) is 0 Å². The monoisotopic (exact) mass is 348 g/mol. The Hall–Kier alpha value is -2.36. The molecule has 1 aromatic heterocycles. The van der Waals surface area contributed by atoms with E-state index in [1.807, 2.05) is 36.4 Å². The van der Waals surface area contributed by atoms with Gasteiger partial charge in [-0.3, -0.25) is 9.59 Å². The molecule has 3 saturated carbocycles. The molecule has 3 aliphatic carbocycles. The highest BCUT2D eigenvalue weighted by atomic mass is 16.2. The predicted molar refractivity (Wildman–Crippen MR) is 101 cm³/mol. The van der Waals surface area contributed by atoms with E-state index in [0.717, 1.165) is 35.4 Å². The van der Waals surface area contributed by atoms with Gasteiger partial charge in [-0.1, -0.05) is 36.8 Å². The van der Waals surface area contributed by atoms with E-state index >= 15 is 0 Å². The van der Waals surface area contributed by atoms with Crippen molar-refractivity contribution in [2.24, 2.45) is 23.7 Å². The van der Waals surface area contributed by atoms with Crippen LogP contribution in [0.15, 0.2) is 47.3 Å². The van der Waals surface area contributed by atoms with Crippen LogP contribution in [0.4, 0.5) is 0 Å². The van der Waals surface area contributed by atoms with Crippen molar-refractivity contribution in [3.8, 4) is 11.3 Å². The van der Waals surface area contributed by atoms with Gasteiger partial charge in [0.25, 0.3) is 11.5 Å². The van der Waals surface area contributed by atoms with Gasteiger partial charge in [-0.15, -0.1) is 0 Å². The van der Waals surface area contributed by atoms with E-state index in [9.17, 15) is 9.59 Å². The third-order valence-corrected chi connectivity index (χ3v) is 6.98. The van der Waals surface area contributed by atoms with Gasteiger partial charge < -0.3 is 10.3 Å². The Morgan fingerprint density at radius 1 is 0.962 bits per heavy atom. The molecule has 4 heteroatoms. The molecule has 3 fully saturated rings. The lowest BCUT2D eigenvalue weighted by atomic mass is 9.79. The van der Waals surface area contributed by atoms with Gasteiger partial charge in [0.1, 0.15) is 5.56 Å². The number of hydrogen-bond donors (Lipinski definition) is 2. The number of benzene rings is 1. The molecule has 0 aliphatic heterocycles. The van der Waals surface area contributed by atoms with Crippen LogP contribution in [0.2, 0.25) is 0 Å². The first-order valence-corrected chi connectivity index (χ1v) is 9.80. The molecule has 5 rings (SSSR count). The molecule has 0 spiro atoms. The average molecular weight is 348 g/mol. The highest BCUT2D eigenvalue weighted by molar-refractivity contribution is 5.94. The van der Waals surface area contributed by atoms with Crippen LogP contribution in [-0.4, -0.2) is 16.9 Å². The van der Waals surface area contributed by atoms with Gasteiger partial charge in [0, 0.05) is 11.7 Å². The minimum atomic E-state index is -0.314. The van der Waals surface area contributed by atoms with Gasteiger partial charge in [0.2, 0.25) is 0 Å².